The summed E-state index contributed by atoms with van der Waals surface area (Å²) in [5, 5.41) is 6.81. The molecule has 1 amide bonds. The molecule has 4 rings (SSSR count). The Morgan fingerprint density at radius 3 is 3.17 bits per heavy atom. The third-order valence-corrected chi connectivity index (χ3v) is 4.86. The third-order valence-electron chi connectivity index (χ3n) is 4.86. The van der Waals surface area contributed by atoms with Crippen LogP contribution in [0.5, 0.6) is 0 Å². The van der Waals surface area contributed by atoms with Gasteiger partial charge in [-0.25, -0.2) is 4.98 Å². The largest absolute Gasteiger partial charge is 0.380 e. The molecule has 0 spiro atoms. The minimum absolute atomic E-state index is 0.00641. The van der Waals surface area contributed by atoms with Crippen molar-refractivity contribution in [3.63, 3.8) is 0 Å². The van der Waals surface area contributed by atoms with Crippen molar-refractivity contribution in [2.75, 3.05) is 20.3 Å². The summed E-state index contributed by atoms with van der Waals surface area (Å²) in [4.78, 5) is 19.3. The van der Waals surface area contributed by atoms with Crippen LogP contribution in [0.25, 0.3) is 0 Å². The third kappa shape index (κ3) is 2.59. The number of benzene rings is 1. The number of hydrogen-bond acceptors (Lipinski definition) is 5. The van der Waals surface area contributed by atoms with Crippen LogP contribution in [0.15, 0.2) is 24.5 Å². The predicted molar refractivity (Wildman–Crippen MR) is 85.4 cm³/mol. The van der Waals surface area contributed by atoms with Crippen molar-refractivity contribution in [3.05, 3.63) is 47.0 Å². The zero-order valence-corrected chi connectivity index (χ0v) is 13.6. The van der Waals surface area contributed by atoms with Crippen molar-refractivity contribution in [1.29, 1.82) is 0 Å². The molecule has 2 aromatic rings. The van der Waals surface area contributed by atoms with Crippen LogP contribution in [0.3, 0.4) is 0 Å². The average Bonchev–Trinajstić information content (AvgIpc) is 3.29. The van der Waals surface area contributed by atoms with E-state index in [1.807, 2.05) is 23.1 Å². The van der Waals surface area contributed by atoms with Crippen LogP contribution in [0.2, 0.25) is 0 Å². The van der Waals surface area contributed by atoms with Crippen molar-refractivity contribution >= 4 is 5.91 Å². The lowest BCUT2D eigenvalue weighted by molar-refractivity contribution is 0.0678. The summed E-state index contributed by atoms with van der Waals surface area (Å²) in [6.45, 7) is 1.78. The van der Waals surface area contributed by atoms with E-state index in [9.17, 15) is 4.79 Å². The lowest BCUT2D eigenvalue weighted by atomic mass is 9.96. The number of likely N-dealkylation sites (tertiary alicyclic amines) is 1. The highest BCUT2D eigenvalue weighted by molar-refractivity contribution is 5.96. The van der Waals surface area contributed by atoms with Crippen molar-refractivity contribution in [2.45, 2.75) is 31.6 Å². The quantitative estimate of drug-likeness (QED) is 0.923. The fourth-order valence-electron chi connectivity index (χ4n) is 3.60. The molecule has 7 nitrogen and oxygen atoms in total. The van der Waals surface area contributed by atoms with E-state index in [-0.39, 0.29) is 18.1 Å². The molecule has 0 unspecified atom stereocenters. The Morgan fingerprint density at radius 1 is 1.46 bits per heavy atom. The van der Waals surface area contributed by atoms with E-state index >= 15 is 0 Å². The molecule has 1 N–H and O–H groups in total. The number of carbonyl (C=O) groups is 1. The summed E-state index contributed by atoms with van der Waals surface area (Å²) in [6, 6.07) is 5.72. The van der Waals surface area contributed by atoms with E-state index in [1.54, 1.807) is 7.11 Å². The Morgan fingerprint density at radius 2 is 2.38 bits per heavy atom. The number of H-pyrrole nitrogens is 1. The molecule has 0 bridgehead atoms. The minimum atomic E-state index is -0.138. The fraction of sp³-hybridized carbons (Fsp3) is 0.471. The van der Waals surface area contributed by atoms with Gasteiger partial charge in [0.25, 0.3) is 5.91 Å². The molecule has 126 valence electrons. The number of methoxy groups -OCH3 is 1. The molecule has 24 heavy (non-hydrogen) atoms. The number of aromatic amines is 1. The van der Waals surface area contributed by atoms with Gasteiger partial charge in [-0.2, -0.15) is 5.10 Å². The zero-order valence-electron chi connectivity index (χ0n) is 13.6. The average molecular weight is 328 g/mol. The first-order chi connectivity index (χ1) is 11.8. The van der Waals surface area contributed by atoms with E-state index in [1.165, 1.54) is 6.33 Å². The Labute approximate surface area is 140 Å². The second-order valence-electron chi connectivity index (χ2n) is 6.18. The number of carbonyl (C=O) groups excluding carboxylic acids is 1. The summed E-state index contributed by atoms with van der Waals surface area (Å²) >= 11 is 0. The number of nitrogens with one attached hydrogen (secondary N) is 1. The molecule has 2 aliphatic rings. The van der Waals surface area contributed by atoms with E-state index < -0.39 is 0 Å². The van der Waals surface area contributed by atoms with Crippen molar-refractivity contribution in [3.8, 4) is 0 Å². The van der Waals surface area contributed by atoms with E-state index in [0.29, 0.717) is 25.6 Å². The van der Waals surface area contributed by atoms with E-state index in [2.05, 4.69) is 15.2 Å². The minimum Gasteiger partial charge on any atom is -0.380 e. The molecule has 1 saturated heterocycles. The van der Waals surface area contributed by atoms with Gasteiger partial charge in [0.1, 0.15) is 12.2 Å². The van der Waals surface area contributed by atoms with Crippen LogP contribution in [-0.2, 0) is 22.5 Å². The normalized spacial score (nSPS) is 23.3. The van der Waals surface area contributed by atoms with Gasteiger partial charge in [0, 0.05) is 25.6 Å². The Hall–Kier alpha value is -2.25. The molecular formula is C17H20N4O3. The summed E-state index contributed by atoms with van der Waals surface area (Å²) in [6.07, 6.45) is 2.97. The van der Waals surface area contributed by atoms with Crippen LogP contribution < -0.4 is 0 Å². The highest BCUT2D eigenvalue weighted by Gasteiger charge is 2.39. The molecule has 0 radical (unpaired) electrons. The fourth-order valence-corrected chi connectivity index (χ4v) is 3.60. The number of fused-ring (bicyclic) bond motifs is 1. The Kier molecular flexibility index (Phi) is 4.03. The maximum atomic E-state index is 13.3. The number of rotatable bonds is 3. The highest BCUT2D eigenvalue weighted by atomic mass is 16.5. The van der Waals surface area contributed by atoms with Crippen LogP contribution in [0.1, 0.15) is 39.8 Å². The molecule has 0 aliphatic carbocycles. The molecule has 2 atom stereocenters. The molecular weight excluding hydrogens is 308 g/mol. The van der Waals surface area contributed by atoms with Gasteiger partial charge in [-0.3, -0.25) is 9.89 Å². The molecule has 2 aliphatic heterocycles. The number of aromatic nitrogens is 3. The van der Waals surface area contributed by atoms with Gasteiger partial charge >= 0.3 is 0 Å². The lowest BCUT2D eigenvalue weighted by Crippen LogP contribution is -2.33. The predicted octanol–water partition coefficient (Wildman–Crippen LogP) is 1.48. The van der Waals surface area contributed by atoms with Crippen LogP contribution >= 0.6 is 0 Å². The number of nitrogens with zero attached hydrogens (tertiary/aromatic N) is 3. The monoisotopic (exact) mass is 328 g/mol. The molecule has 1 fully saturated rings. The zero-order chi connectivity index (χ0) is 16.5. The van der Waals surface area contributed by atoms with Gasteiger partial charge < -0.3 is 14.4 Å². The summed E-state index contributed by atoms with van der Waals surface area (Å²) < 4.78 is 11.0. The SMILES string of the molecule is CO[C@@H]1C[C@@H](c2ncn[nH]2)N(C(=O)c2cccc3c2CCOC3)C1. The number of amides is 1. The Balaban J connectivity index is 1.68. The van der Waals surface area contributed by atoms with Crippen molar-refractivity contribution in [1.82, 2.24) is 20.1 Å². The van der Waals surface area contributed by atoms with Gasteiger partial charge in [-0.1, -0.05) is 12.1 Å². The lowest BCUT2D eigenvalue weighted by Gasteiger charge is -2.26. The van der Waals surface area contributed by atoms with Gasteiger partial charge in [0.05, 0.1) is 25.4 Å². The molecule has 0 saturated carbocycles. The second kappa shape index (κ2) is 6.33. The second-order valence-corrected chi connectivity index (χ2v) is 6.18. The van der Waals surface area contributed by atoms with Gasteiger partial charge in [-0.05, 0) is 23.6 Å². The molecule has 1 aromatic heterocycles. The van der Waals surface area contributed by atoms with Crippen LogP contribution in [-0.4, -0.2) is 52.4 Å². The first kappa shape index (κ1) is 15.3. The van der Waals surface area contributed by atoms with Gasteiger partial charge in [0.2, 0.25) is 0 Å². The number of hydrogen-bond donors (Lipinski definition) is 1. The highest BCUT2D eigenvalue weighted by Crippen LogP contribution is 2.33. The maximum Gasteiger partial charge on any atom is 0.254 e. The van der Waals surface area contributed by atoms with Crippen LogP contribution in [0, 0.1) is 0 Å². The van der Waals surface area contributed by atoms with Crippen molar-refractivity contribution in [2.24, 2.45) is 0 Å². The summed E-state index contributed by atoms with van der Waals surface area (Å²) in [5.74, 6) is 0.728. The first-order valence-electron chi connectivity index (χ1n) is 8.15. The standard InChI is InChI=1S/C17H20N4O3/c1-23-12-7-15(16-18-10-19-20-16)21(8-12)17(22)14-4-2-3-11-9-24-6-5-13(11)14/h2-4,10,12,15H,5-9H2,1H3,(H,18,19,20)/t12-,15+/m1/s1. The van der Waals surface area contributed by atoms with Crippen molar-refractivity contribution < 1.29 is 14.3 Å². The van der Waals surface area contributed by atoms with E-state index in [0.717, 1.165) is 29.5 Å². The van der Waals surface area contributed by atoms with Crippen LogP contribution in [0.4, 0.5) is 0 Å². The Bertz CT molecular complexity index is 731. The van der Waals surface area contributed by atoms with Gasteiger partial charge in [-0.15, -0.1) is 0 Å². The molecule has 3 heterocycles. The summed E-state index contributed by atoms with van der Waals surface area (Å²) in [7, 11) is 1.68. The first-order valence-corrected chi connectivity index (χ1v) is 8.15. The topological polar surface area (TPSA) is 80.3 Å². The number of ether oxygens (including phenoxy) is 2. The van der Waals surface area contributed by atoms with Gasteiger partial charge in [0.15, 0.2) is 0 Å². The smallest absolute Gasteiger partial charge is 0.254 e. The van der Waals surface area contributed by atoms with E-state index in [4.69, 9.17) is 9.47 Å². The molecule has 1 aromatic carbocycles. The molecule has 7 heteroatoms. The maximum absolute atomic E-state index is 13.3. The summed E-state index contributed by atoms with van der Waals surface area (Å²) in [5.41, 5.74) is 2.97.